The van der Waals surface area contributed by atoms with Crippen molar-refractivity contribution in [1.29, 1.82) is 0 Å². The Morgan fingerprint density at radius 3 is 2.75 bits per heavy atom. The van der Waals surface area contributed by atoms with Crippen molar-refractivity contribution in [2.75, 3.05) is 19.8 Å². The van der Waals surface area contributed by atoms with Gasteiger partial charge in [0.1, 0.15) is 0 Å². The third kappa shape index (κ3) is 9.40. The minimum atomic E-state index is 0.101. The van der Waals surface area contributed by atoms with Crippen LogP contribution >= 0.6 is 0 Å². The normalized spacial score (nSPS) is 10.8. The van der Waals surface area contributed by atoms with Gasteiger partial charge in [-0.2, -0.15) is 0 Å². The van der Waals surface area contributed by atoms with Crippen molar-refractivity contribution < 1.29 is 9.84 Å². The number of ether oxygens (including phenoxy) is 1. The van der Waals surface area contributed by atoms with Gasteiger partial charge in [0.15, 0.2) is 0 Å². The first kappa shape index (κ1) is 11.4. The molecule has 0 atom stereocenters. The lowest BCUT2D eigenvalue weighted by atomic mass is 10.2. The molecule has 0 rings (SSSR count). The maximum absolute atomic E-state index is 8.38. The molecule has 0 aromatic rings. The number of aliphatic hydroxyl groups excluding tert-OH is 1. The van der Waals surface area contributed by atoms with Gasteiger partial charge in [0, 0.05) is 0 Å². The molecule has 0 aliphatic rings. The average Bonchev–Trinajstić information content (AvgIpc) is 2.10. The SMILES string of the molecule is C=CCCC/C=C/COCCO. The van der Waals surface area contributed by atoms with E-state index in [1.54, 1.807) is 0 Å². The largest absolute Gasteiger partial charge is 0.394 e. The van der Waals surface area contributed by atoms with Crippen molar-refractivity contribution in [3.63, 3.8) is 0 Å². The monoisotopic (exact) mass is 170 g/mol. The summed E-state index contributed by atoms with van der Waals surface area (Å²) in [5.74, 6) is 0. The number of aliphatic hydroxyl groups is 1. The summed E-state index contributed by atoms with van der Waals surface area (Å²) in [7, 11) is 0. The van der Waals surface area contributed by atoms with E-state index in [9.17, 15) is 0 Å². The first-order valence-corrected chi connectivity index (χ1v) is 4.36. The second-order valence-electron chi connectivity index (χ2n) is 2.49. The van der Waals surface area contributed by atoms with Crippen LogP contribution in [-0.2, 0) is 4.74 Å². The van der Waals surface area contributed by atoms with E-state index in [2.05, 4.69) is 12.7 Å². The second kappa shape index (κ2) is 10.4. The van der Waals surface area contributed by atoms with Gasteiger partial charge >= 0.3 is 0 Å². The molecule has 0 amide bonds. The number of allylic oxidation sites excluding steroid dienone is 2. The molecule has 0 unspecified atom stereocenters. The van der Waals surface area contributed by atoms with Gasteiger partial charge in [-0.3, -0.25) is 0 Å². The molecule has 0 radical (unpaired) electrons. The van der Waals surface area contributed by atoms with Gasteiger partial charge in [-0.05, 0) is 19.3 Å². The Labute approximate surface area is 74.6 Å². The predicted molar refractivity (Wildman–Crippen MR) is 51.1 cm³/mol. The van der Waals surface area contributed by atoms with E-state index in [4.69, 9.17) is 9.84 Å². The van der Waals surface area contributed by atoms with Crippen molar-refractivity contribution >= 4 is 0 Å². The van der Waals surface area contributed by atoms with Crippen molar-refractivity contribution in [1.82, 2.24) is 0 Å². The zero-order valence-electron chi connectivity index (χ0n) is 7.54. The Morgan fingerprint density at radius 1 is 1.25 bits per heavy atom. The molecule has 12 heavy (non-hydrogen) atoms. The van der Waals surface area contributed by atoms with Crippen LogP contribution in [0.2, 0.25) is 0 Å². The summed E-state index contributed by atoms with van der Waals surface area (Å²) >= 11 is 0. The van der Waals surface area contributed by atoms with Crippen molar-refractivity contribution in [3.8, 4) is 0 Å². The molecule has 70 valence electrons. The first-order chi connectivity index (χ1) is 5.91. The van der Waals surface area contributed by atoms with Gasteiger partial charge in [-0.1, -0.05) is 18.2 Å². The molecule has 0 bridgehead atoms. The lowest BCUT2D eigenvalue weighted by Crippen LogP contribution is -1.97. The Balaban J connectivity index is 2.98. The Bertz CT molecular complexity index is 119. The number of unbranched alkanes of at least 4 members (excludes halogenated alkanes) is 2. The van der Waals surface area contributed by atoms with E-state index in [1.807, 2.05) is 12.2 Å². The molecule has 2 heteroatoms. The highest BCUT2D eigenvalue weighted by atomic mass is 16.5. The minimum Gasteiger partial charge on any atom is -0.394 e. The van der Waals surface area contributed by atoms with E-state index in [1.165, 1.54) is 0 Å². The summed E-state index contributed by atoms with van der Waals surface area (Å²) in [5, 5.41) is 8.38. The molecule has 1 N–H and O–H groups in total. The maximum atomic E-state index is 8.38. The fourth-order valence-corrected chi connectivity index (χ4v) is 0.782. The van der Waals surface area contributed by atoms with E-state index < -0.39 is 0 Å². The van der Waals surface area contributed by atoms with Crippen LogP contribution in [0.4, 0.5) is 0 Å². The number of hydrogen-bond donors (Lipinski definition) is 1. The van der Waals surface area contributed by atoms with Gasteiger partial charge in [0.2, 0.25) is 0 Å². The maximum Gasteiger partial charge on any atom is 0.0701 e. The Hall–Kier alpha value is -0.600. The molecular weight excluding hydrogens is 152 g/mol. The molecule has 0 fully saturated rings. The second-order valence-corrected chi connectivity index (χ2v) is 2.49. The smallest absolute Gasteiger partial charge is 0.0701 e. The lowest BCUT2D eigenvalue weighted by Gasteiger charge is -1.95. The standard InChI is InChI=1S/C10H18O2/c1-2-3-4-5-6-7-9-12-10-8-11/h2,6-7,11H,1,3-5,8-10H2/b7-6+. The number of hydrogen-bond acceptors (Lipinski definition) is 2. The summed E-state index contributed by atoms with van der Waals surface area (Å²) in [6.07, 6.45) is 9.31. The van der Waals surface area contributed by atoms with Crippen LogP contribution in [-0.4, -0.2) is 24.9 Å². The van der Waals surface area contributed by atoms with Crippen molar-refractivity contribution in [3.05, 3.63) is 24.8 Å². The van der Waals surface area contributed by atoms with Gasteiger partial charge in [-0.15, -0.1) is 6.58 Å². The van der Waals surface area contributed by atoms with Crippen LogP contribution in [0.1, 0.15) is 19.3 Å². The highest BCUT2D eigenvalue weighted by Gasteiger charge is 1.81. The summed E-state index contributed by atoms with van der Waals surface area (Å²) < 4.78 is 5.03. The fourth-order valence-electron chi connectivity index (χ4n) is 0.782. The molecular formula is C10H18O2. The third-order valence-corrected chi connectivity index (χ3v) is 1.40. The molecule has 0 spiro atoms. The number of rotatable bonds is 8. The highest BCUT2D eigenvalue weighted by Crippen LogP contribution is 1.96. The van der Waals surface area contributed by atoms with Gasteiger partial charge in [0.25, 0.3) is 0 Å². The van der Waals surface area contributed by atoms with E-state index in [0.29, 0.717) is 13.2 Å². The third-order valence-electron chi connectivity index (χ3n) is 1.40. The summed E-state index contributed by atoms with van der Waals surface area (Å²) in [6, 6.07) is 0. The molecule has 2 nitrogen and oxygen atoms in total. The molecule has 0 saturated carbocycles. The predicted octanol–water partition coefficient (Wildman–Crippen LogP) is 1.91. The Kier molecular flexibility index (Phi) is 9.88. The van der Waals surface area contributed by atoms with Crippen molar-refractivity contribution in [2.24, 2.45) is 0 Å². The van der Waals surface area contributed by atoms with Crippen LogP contribution in [0.5, 0.6) is 0 Å². The molecule has 0 aromatic heterocycles. The summed E-state index contributed by atoms with van der Waals surface area (Å²) in [4.78, 5) is 0. The van der Waals surface area contributed by atoms with E-state index in [0.717, 1.165) is 19.3 Å². The average molecular weight is 170 g/mol. The molecule has 0 aliphatic carbocycles. The molecule has 0 aromatic carbocycles. The van der Waals surface area contributed by atoms with Crippen LogP contribution in [0.3, 0.4) is 0 Å². The van der Waals surface area contributed by atoms with Gasteiger partial charge in [0.05, 0.1) is 19.8 Å². The first-order valence-electron chi connectivity index (χ1n) is 4.36. The fraction of sp³-hybridized carbons (Fsp3) is 0.600. The quantitative estimate of drug-likeness (QED) is 0.445. The zero-order chi connectivity index (χ0) is 9.07. The van der Waals surface area contributed by atoms with Gasteiger partial charge in [-0.25, -0.2) is 0 Å². The highest BCUT2D eigenvalue weighted by molar-refractivity contribution is 4.82. The Morgan fingerprint density at radius 2 is 2.08 bits per heavy atom. The lowest BCUT2D eigenvalue weighted by molar-refractivity contribution is 0.112. The summed E-state index contributed by atoms with van der Waals surface area (Å²) in [6.45, 7) is 4.78. The zero-order valence-corrected chi connectivity index (χ0v) is 7.54. The molecule has 0 saturated heterocycles. The van der Waals surface area contributed by atoms with Gasteiger partial charge < -0.3 is 9.84 Å². The van der Waals surface area contributed by atoms with E-state index >= 15 is 0 Å². The van der Waals surface area contributed by atoms with Crippen LogP contribution in [0.25, 0.3) is 0 Å². The van der Waals surface area contributed by atoms with Crippen molar-refractivity contribution in [2.45, 2.75) is 19.3 Å². The van der Waals surface area contributed by atoms with Crippen LogP contribution < -0.4 is 0 Å². The molecule has 0 heterocycles. The van der Waals surface area contributed by atoms with Crippen LogP contribution in [0.15, 0.2) is 24.8 Å². The van der Waals surface area contributed by atoms with Crippen LogP contribution in [0, 0.1) is 0 Å². The summed E-state index contributed by atoms with van der Waals surface area (Å²) in [5.41, 5.74) is 0. The minimum absolute atomic E-state index is 0.101. The topological polar surface area (TPSA) is 29.5 Å². The molecule has 0 aliphatic heterocycles. The van der Waals surface area contributed by atoms with E-state index in [-0.39, 0.29) is 6.61 Å².